The highest BCUT2D eigenvalue weighted by Gasteiger charge is 2.31. The molecular formula is C11H10BrF3N2O2. The van der Waals surface area contributed by atoms with Crippen molar-refractivity contribution in [2.24, 2.45) is 0 Å². The molecule has 0 aliphatic carbocycles. The Bertz CT molecular complexity index is 503. The van der Waals surface area contributed by atoms with Crippen molar-refractivity contribution in [3.8, 4) is 0 Å². The molecule has 8 heteroatoms. The normalized spacial score (nSPS) is 11.0. The number of carbonyl (C=O) groups is 2. The Labute approximate surface area is 115 Å². The standard InChI is InChI=1S/C11H10BrF3N2O2/c1-6(18)16-5-10(19)17-9-4-7(11(13,14)15)2-3-8(9)12/h2-4H,5H2,1H3,(H,16,18)(H,17,19). The Morgan fingerprint density at radius 2 is 1.95 bits per heavy atom. The summed E-state index contributed by atoms with van der Waals surface area (Å²) in [5.74, 6) is -1.02. The zero-order chi connectivity index (χ0) is 14.6. The number of anilines is 1. The molecule has 0 unspecified atom stereocenters. The van der Waals surface area contributed by atoms with Crippen molar-refractivity contribution in [2.75, 3.05) is 11.9 Å². The first kappa shape index (κ1) is 15.5. The number of rotatable bonds is 3. The summed E-state index contributed by atoms with van der Waals surface area (Å²) in [7, 11) is 0. The van der Waals surface area contributed by atoms with Crippen LogP contribution in [-0.2, 0) is 15.8 Å². The molecule has 104 valence electrons. The summed E-state index contributed by atoms with van der Waals surface area (Å²) in [4.78, 5) is 22.0. The Hall–Kier alpha value is -1.57. The van der Waals surface area contributed by atoms with Gasteiger partial charge in [0.1, 0.15) is 0 Å². The van der Waals surface area contributed by atoms with E-state index in [1.165, 1.54) is 13.0 Å². The van der Waals surface area contributed by atoms with Crippen LogP contribution in [0, 0.1) is 0 Å². The van der Waals surface area contributed by atoms with Crippen molar-refractivity contribution in [2.45, 2.75) is 13.1 Å². The minimum atomic E-state index is -4.49. The van der Waals surface area contributed by atoms with E-state index in [4.69, 9.17) is 0 Å². The van der Waals surface area contributed by atoms with Gasteiger partial charge in [-0.2, -0.15) is 13.2 Å². The third kappa shape index (κ3) is 4.90. The number of halogens is 4. The van der Waals surface area contributed by atoms with Crippen molar-refractivity contribution < 1.29 is 22.8 Å². The number of benzene rings is 1. The van der Waals surface area contributed by atoms with Gasteiger partial charge in [0.25, 0.3) is 0 Å². The quantitative estimate of drug-likeness (QED) is 0.889. The van der Waals surface area contributed by atoms with E-state index < -0.39 is 23.6 Å². The van der Waals surface area contributed by atoms with Crippen molar-refractivity contribution in [3.05, 3.63) is 28.2 Å². The molecule has 0 atom stereocenters. The molecule has 1 rings (SSSR count). The Morgan fingerprint density at radius 1 is 1.32 bits per heavy atom. The predicted molar refractivity (Wildman–Crippen MR) is 66.5 cm³/mol. The Morgan fingerprint density at radius 3 is 2.47 bits per heavy atom. The van der Waals surface area contributed by atoms with Crippen LogP contribution in [0.1, 0.15) is 12.5 Å². The van der Waals surface area contributed by atoms with Gasteiger partial charge in [-0.3, -0.25) is 9.59 Å². The van der Waals surface area contributed by atoms with Crippen LogP contribution in [0.25, 0.3) is 0 Å². The average molecular weight is 339 g/mol. The van der Waals surface area contributed by atoms with Crippen LogP contribution in [-0.4, -0.2) is 18.4 Å². The molecule has 0 saturated carbocycles. The molecule has 19 heavy (non-hydrogen) atoms. The highest BCUT2D eigenvalue weighted by atomic mass is 79.9. The smallest absolute Gasteiger partial charge is 0.347 e. The van der Waals surface area contributed by atoms with Crippen LogP contribution < -0.4 is 10.6 Å². The maximum absolute atomic E-state index is 12.5. The monoisotopic (exact) mass is 338 g/mol. The fourth-order valence-corrected chi connectivity index (χ4v) is 1.54. The lowest BCUT2D eigenvalue weighted by Crippen LogP contribution is -2.31. The van der Waals surface area contributed by atoms with Crippen LogP contribution in [0.5, 0.6) is 0 Å². The van der Waals surface area contributed by atoms with E-state index in [9.17, 15) is 22.8 Å². The number of alkyl halides is 3. The minimum Gasteiger partial charge on any atom is -0.347 e. The lowest BCUT2D eigenvalue weighted by Gasteiger charge is -2.11. The maximum atomic E-state index is 12.5. The average Bonchev–Trinajstić information content (AvgIpc) is 2.28. The summed E-state index contributed by atoms with van der Waals surface area (Å²) in [6.45, 7) is 0.922. The molecule has 0 heterocycles. The van der Waals surface area contributed by atoms with Crippen LogP contribution in [0.4, 0.5) is 18.9 Å². The largest absolute Gasteiger partial charge is 0.416 e. The molecule has 0 saturated heterocycles. The van der Waals surface area contributed by atoms with Gasteiger partial charge in [0, 0.05) is 11.4 Å². The molecular weight excluding hydrogens is 329 g/mol. The van der Waals surface area contributed by atoms with Gasteiger partial charge in [-0.05, 0) is 34.1 Å². The topological polar surface area (TPSA) is 58.2 Å². The van der Waals surface area contributed by atoms with E-state index in [-0.39, 0.29) is 12.2 Å². The first-order valence-corrected chi connectivity index (χ1v) is 5.90. The van der Waals surface area contributed by atoms with E-state index in [1.807, 2.05) is 0 Å². The van der Waals surface area contributed by atoms with Crippen molar-refractivity contribution in [1.82, 2.24) is 5.32 Å². The first-order valence-electron chi connectivity index (χ1n) is 5.11. The molecule has 0 bridgehead atoms. The van der Waals surface area contributed by atoms with Crippen molar-refractivity contribution in [3.63, 3.8) is 0 Å². The molecule has 0 aliphatic rings. The number of nitrogens with one attached hydrogen (secondary N) is 2. The molecule has 2 amide bonds. The van der Waals surface area contributed by atoms with E-state index in [0.717, 1.165) is 12.1 Å². The first-order chi connectivity index (χ1) is 8.70. The molecule has 1 aromatic carbocycles. The van der Waals surface area contributed by atoms with Gasteiger partial charge in [-0.15, -0.1) is 0 Å². The van der Waals surface area contributed by atoms with Crippen LogP contribution in [0.15, 0.2) is 22.7 Å². The third-order valence-corrected chi connectivity index (χ3v) is 2.76. The van der Waals surface area contributed by atoms with E-state index >= 15 is 0 Å². The highest BCUT2D eigenvalue weighted by molar-refractivity contribution is 9.10. The molecule has 4 nitrogen and oxygen atoms in total. The molecule has 0 aromatic heterocycles. The van der Waals surface area contributed by atoms with Gasteiger partial charge in [0.15, 0.2) is 0 Å². The van der Waals surface area contributed by atoms with Crippen molar-refractivity contribution >= 4 is 33.4 Å². The van der Waals surface area contributed by atoms with E-state index in [2.05, 4.69) is 26.6 Å². The molecule has 0 fully saturated rings. The lowest BCUT2D eigenvalue weighted by atomic mass is 10.2. The SMILES string of the molecule is CC(=O)NCC(=O)Nc1cc(C(F)(F)F)ccc1Br. The number of hydrogen-bond acceptors (Lipinski definition) is 2. The van der Waals surface area contributed by atoms with E-state index in [1.54, 1.807) is 0 Å². The van der Waals surface area contributed by atoms with Crippen LogP contribution in [0.2, 0.25) is 0 Å². The number of amides is 2. The van der Waals surface area contributed by atoms with Gasteiger partial charge in [0.05, 0.1) is 17.8 Å². The van der Waals surface area contributed by atoms with Gasteiger partial charge in [0.2, 0.25) is 11.8 Å². The zero-order valence-electron chi connectivity index (χ0n) is 9.77. The summed E-state index contributed by atoms with van der Waals surface area (Å²) in [5, 5.41) is 4.52. The molecule has 0 radical (unpaired) electrons. The van der Waals surface area contributed by atoms with Gasteiger partial charge in [-0.25, -0.2) is 0 Å². The fraction of sp³-hybridized carbons (Fsp3) is 0.273. The molecule has 0 aliphatic heterocycles. The Balaban J connectivity index is 2.83. The summed E-state index contributed by atoms with van der Waals surface area (Å²) >= 11 is 3.04. The predicted octanol–water partition coefficient (Wildman–Crippen LogP) is 2.54. The molecule has 1 aromatic rings. The van der Waals surface area contributed by atoms with Crippen molar-refractivity contribution in [1.29, 1.82) is 0 Å². The third-order valence-electron chi connectivity index (χ3n) is 2.07. The fourth-order valence-electron chi connectivity index (χ4n) is 1.20. The summed E-state index contributed by atoms with van der Waals surface area (Å²) < 4.78 is 37.8. The van der Waals surface area contributed by atoms with E-state index in [0.29, 0.717) is 4.47 Å². The second-order valence-electron chi connectivity index (χ2n) is 3.65. The summed E-state index contributed by atoms with van der Waals surface area (Å²) in [6.07, 6.45) is -4.49. The highest BCUT2D eigenvalue weighted by Crippen LogP contribution is 2.33. The second-order valence-corrected chi connectivity index (χ2v) is 4.50. The molecule has 0 spiro atoms. The summed E-state index contributed by atoms with van der Waals surface area (Å²) in [5.41, 5.74) is -0.879. The van der Waals surface area contributed by atoms with Gasteiger partial charge < -0.3 is 10.6 Å². The zero-order valence-corrected chi connectivity index (χ0v) is 11.4. The summed E-state index contributed by atoms with van der Waals surface area (Å²) in [6, 6.07) is 2.90. The van der Waals surface area contributed by atoms with Gasteiger partial charge >= 0.3 is 6.18 Å². The minimum absolute atomic E-state index is 0.00910. The second kappa shape index (κ2) is 6.05. The number of hydrogen-bond donors (Lipinski definition) is 2. The van der Waals surface area contributed by atoms with Crippen LogP contribution in [0.3, 0.4) is 0 Å². The lowest BCUT2D eigenvalue weighted by molar-refractivity contribution is -0.137. The Kier molecular flexibility index (Phi) is 4.93. The number of carbonyl (C=O) groups excluding carboxylic acids is 2. The molecule has 2 N–H and O–H groups in total. The maximum Gasteiger partial charge on any atom is 0.416 e. The van der Waals surface area contributed by atoms with Gasteiger partial charge in [-0.1, -0.05) is 0 Å². The van der Waals surface area contributed by atoms with Crippen LogP contribution >= 0.6 is 15.9 Å².